The average Bonchev–Trinajstić information content (AvgIpc) is 3.64. The Bertz CT molecular complexity index is 3070. The Balaban J connectivity index is 1.10. The fourth-order valence-electron chi connectivity index (χ4n) is 8.97. The normalized spacial score (nSPS) is 13.1. The summed E-state index contributed by atoms with van der Waals surface area (Å²) in [7, 11) is 0. The quantitative estimate of drug-likeness (QED) is 0.184. The first-order valence-corrected chi connectivity index (χ1v) is 18.3. The molecular formula is C49H31N5. The highest BCUT2D eigenvalue weighted by molar-refractivity contribution is 6.19. The van der Waals surface area contributed by atoms with Crippen LogP contribution in [-0.4, -0.2) is 19.5 Å². The highest BCUT2D eigenvalue weighted by atomic mass is 15.0. The van der Waals surface area contributed by atoms with Gasteiger partial charge in [-0.05, 0) is 57.6 Å². The second-order valence-corrected chi connectivity index (χ2v) is 14.7. The smallest absolute Gasteiger partial charge is 0.164 e. The number of nitrogens with zero attached hydrogens (tertiary/aromatic N) is 5. The van der Waals surface area contributed by atoms with Crippen molar-refractivity contribution in [2.24, 2.45) is 0 Å². The molecule has 0 N–H and O–H groups in total. The van der Waals surface area contributed by atoms with Crippen LogP contribution in [0.15, 0.2) is 152 Å². The maximum atomic E-state index is 9.58. The van der Waals surface area contributed by atoms with Crippen LogP contribution >= 0.6 is 0 Å². The van der Waals surface area contributed by atoms with Crippen LogP contribution < -0.4 is 0 Å². The Kier molecular flexibility index (Phi) is 6.30. The molecule has 0 unspecified atom stereocenters. The van der Waals surface area contributed by atoms with E-state index in [0.29, 0.717) is 23.0 Å². The molecule has 2 aliphatic rings. The van der Waals surface area contributed by atoms with Crippen LogP contribution in [0.5, 0.6) is 0 Å². The van der Waals surface area contributed by atoms with Gasteiger partial charge in [0.15, 0.2) is 17.5 Å². The molecule has 5 heteroatoms. The standard InChI is InChI=1S/C49H31N5/c1-49(2)39-26-25-38-36-16-7-9-18-41(36)54-40-17-8-6-15-35(40)37-24-23-34(44(49)42(37)43(39)45(38)54)30-19-21-32(22-20-30)47-51-46(31-12-4-3-5-13-31)52-48(53-47)33-14-10-11-29(27-33)28-50/h3-27H,1-2H3. The third-order valence-electron chi connectivity index (χ3n) is 11.4. The van der Waals surface area contributed by atoms with Crippen molar-refractivity contribution in [2.45, 2.75) is 19.3 Å². The van der Waals surface area contributed by atoms with Gasteiger partial charge in [-0.3, -0.25) is 0 Å². The lowest BCUT2D eigenvalue weighted by atomic mass is 9.77. The SMILES string of the molecule is CC1(C)c2ccc3c4ccccc4n4c3c2-c2c(ccc(-c3ccc(-c5nc(-c6ccccc6)nc(-c6cccc(C#N)c6)n5)cc3)c21)-c1ccccc1-4. The van der Waals surface area contributed by atoms with Crippen molar-refractivity contribution in [1.82, 2.24) is 19.5 Å². The summed E-state index contributed by atoms with van der Waals surface area (Å²) in [4.78, 5) is 14.8. The van der Waals surface area contributed by atoms with Gasteiger partial charge < -0.3 is 4.57 Å². The first kappa shape index (κ1) is 30.5. The van der Waals surface area contributed by atoms with E-state index in [0.717, 1.165) is 22.3 Å². The second-order valence-electron chi connectivity index (χ2n) is 14.7. The van der Waals surface area contributed by atoms with Gasteiger partial charge in [-0.2, -0.15) is 5.26 Å². The molecule has 2 aromatic heterocycles. The molecule has 11 rings (SSSR count). The van der Waals surface area contributed by atoms with Gasteiger partial charge in [0.25, 0.3) is 0 Å². The summed E-state index contributed by atoms with van der Waals surface area (Å²) in [5.74, 6) is 1.70. The molecule has 0 saturated carbocycles. The van der Waals surface area contributed by atoms with Crippen molar-refractivity contribution >= 4 is 21.8 Å². The molecule has 1 aliphatic carbocycles. The lowest BCUT2D eigenvalue weighted by Crippen LogP contribution is -2.16. The van der Waals surface area contributed by atoms with Crippen LogP contribution in [0, 0.1) is 11.3 Å². The summed E-state index contributed by atoms with van der Waals surface area (Å²) in [6.07, 6.45) is 0. The van der Waals surface area contributed by atoms with Crippen LogP contribution in [0.2, 0.25) is 0 Å². The molecule has 0 spiro atoms. The molecule has 0 fully saturated rings. The highest BCUT2D eigenvalue weighted by Crippen LogP contribution is 2.60. The minimum Gasteiger partial charge on any atom is -0.308 e. The monoisotopic (exact) mass is 689 g/mol. The Morgan fingerprint density at radius 2 is 1.17 bits per heavy atom. The molecule has 7 aromatic carbocycles. The minimum atomic E-state index is -0.234. The van der Waals surface area contributed by atoms with Crippen LogP contribution in [0.25, 0.3) is 95.0 Å². The van der Waals surface area contributed by atoms with Gasteiger partial charge in [0.1, 0.15) is 0 Å². The highest BCUT2D eigenvalue weighted by Gasteiger charge is 2.42. The van der Waals surface area contributed by atoms with Crippen molar-refractivity contribution in [3.63, 3.8) is 0 Å². The van der Waals surface area contributed by atoms with Crippen molar-refractivity contribution in [3.8, 4) is 79.3 Å². The van der Waals surface area contributed by atoms with Crippen LogP contribution in [0.4, 0.5) is 0 Å². The maximum absolute atomic E-state index is 9.58. The van der Waals surface area contributed by atoms with Gasteiger partial charge in [0, 0.05) is 44.0 Å². The lowest BCUT2D eigenvalue weighted by molar-refractivity contribution is 0.662. The predicted octanol–water partition coefficient (Wildman–Crippen LogP) is 11.8. The van der Waals surface area contributed by atoms with Crippen LogP contribution in [0.1, 0.15) is 30.5 Å². The number of nitriles is 1. The average molecular weight is 690 g/mol. The summed E-state index contributed by atoms with van der Waals surface area (Å²) in [6, 6.07) is 55.3. The summed E-state index contributed by atoms with van der Waals surface area (Å²) in [6.45, 7) is 4.76. The van der Waals surface area contributed by atoms with E-state index in [1.165, 1.54) is 66.4 Å². The summed E-state index contributed by atoms with van der Waals surface area (Å²) < 4.78 is 2.50. The Morgan fingerprint density at radius 1 is 0.519 bits per heavy atom. The maximum Gasteiger partial charge on any atom is 0.164 e. The molecule has 3 heterocycles. The van der Waals surface area contributed by atoms with Crippen molar-refractivity contribution in [1.29, 1.82) is 5.26 Å². The molecule has 252 valence electrons. The van der Waals surface area contributed by atoms with Crippen molar-refractivity contribution in [3.05, 3.63) is 168 Å². The largest absolute Gasteiger partial charge is 0.308 e. The molecule has 0 amide bonds. The number of aromatic nitrogens is 4. The fourth-order valence-corrected chi connectivity index (χ4v) is 8.97. The topological polar surface area (TPSA) is 67.4 Å². The number of hydrogen-bond donors (Lipinski definition) is 0. The second kappa shape index (κ2) is 11.2. The molecule has 5 nitrogen and oxygen atoms in total. The van der Waals surface area contributed by atoms with Crippen LogP contribution in [0.3, 0.4) is 0 Å². The van der Waals surface area contributed by atoms with E-state index in [2.05, 4.69) is 122 Å². The summed E-state index contributed by atoms with van der Waals surface area (Å²) in [5.41, 5.74) is 16.9. The molecule has 0 bridgehead atoms. The Morgan fingerprint density at radius 3 is 1.96 bits per heavy atom. The molecule has 0 saturated heterocycles. The number of benzene rings is 7. The van der Waals surface area contributed by atoms with E-state index in [1.807, 2.05) is 48.5 Å². The van der Waals surface area contributed by atoms with E-state index in [4.69, 9.17) is 15.0 Å². The number of hydrogen-bond acceptors (Lipinski definition) is 4. The third kappa shape index (κ3) is 4.22. The van der Waals surface area contributed by atoms with Gasteiger partial charge in [-0.25, -0.2) is 15.0 Å². The van der Waals surface area contributed by atoms with Gasteiger partial charge in [0.2, 0.25) is 0 Å². The molecule has 0 atom stereocenters. The van der Waals surface area contributed by atoms with Gasteiger partial charge >= 0.3 is 0 Å². The third-order valence-corrected chi connectivity index (χ3v) is 11.4. The number of rotatable bonds is 4. The molecule has 54 heavy (non-hydrogen) atoms. The van der Waals surface area contributed by atoms with Gasteiger partial charge in [0.05, 0.1) is 28.4 Å². The van der Waals surface area contributed by atoms with Gasteiger partial charge in [-0.15, -0.1) is 0 Å². The zero-order chi connectivity index (χ0) is 36.1. The molecule has 9 aromatic rings. The van der Waals surface area contributed by atoms with Gasteiger partial charge in [-0.1, -0.05) is 141 Å². The number of fused-ring (bicyclic) bond motifs is 6. The van der Waals surface area contributed by atoms with E-state index in [-0.39, 0.29) is 5.41 Å². The first-order chi connectivity index (χ1) is 26.5. The molecule has 0 radical (unpaired) electrons. The summed E-state index contributed by atoms with van der Waals surface area (Å²) in [5, 5.41) is 12.2. The zero-order valence-electron chi connectivity index (χ0n) is 29.7. The van der Waals surface area contributed by atoms with E-state index >= 15 is 0 Å². The first-order valence-electron chi connectivity index (χ1n) is 18.3. The fraction of sp³-hybridized carbons (Fsp3) is 0.0612. The van der Waals surface area contributed by atoms with Crippen LogP contribution in [-0.2, 0) is 5.41 Å². The predicted molar refractivity (Wildman–Crippen MR) is 217 cm³/mol. The van der Waals surface area contributed by atoms with E-state index < -0.39 is 0 Å². The van der Waals surface area contributed by atoms with Crippen molar-refractivity contribution < 1.29 is 0 Å². The van der Waals surface area contributed by atoms with E-state index in [9.17, 15) is 5.26 Å². The molecular weight excluding hydrogens is 659 g/mol. The minimum absolute atomic E-state index is 0.234. The Hall–Kier alpha value is -7.16. The van der Waals surface area contributed by atoms with E-state index in [1.54, 1.807) is 6.07 Å². The van der Waals surface area contributed by atoms with Crippen molar-refractivity contribution in [2.75, 3.05) is 0 Å². The zero-order valence-corrected chi connectivity index (χ0v) is 29.7. The lowest BCUT2D eigenvalue weighted by Gasteiger charge is -2.26. The Labute approximate surface area is 312 Å². The number of para-hydroxylation sites is 2. The molecule has 1 aliphatic heterocycles. The summed E-state index contributed by atoms with van der Waals surface area (Å²) >= 11 is 0.